The summed E-state index contributed by atoms with van der Waals surface area (Å²) in [7, 11) is 0. The first kappa shape index (κ1) is 18.2. The molecule has 0 amide bonds. The zero-order valence-corrected chi connectivity index (χ0v) is 12.5. The van der Waals surface area contributed by atoms with Crippen LogP contribution in [0.1, 0.15) is 18.2 Å². The molecule has 0 aromatic carbocycles. The van der Waals surface area contributed by atoms with Gasteiger partial charge in [-0.3, -0.25) is 4.79 Å². The van der Waals surface area contributed by atoms with E-state index < -0.39 is 0 Å². The van der Waals surface area contributed by atoms with E-state index in [2.05, 4.69) is 5.10 Å². The molecule has 8 heteroatoms. The third-order valence-electron chi connectivity index (χ3n) is 2.47. The van der Waals surface area contributed by atoms with Crippen LogP contribution < -0.4 is 5.73 Å². The minimum Gasteiger partial charge on any atom is -0.465 e. The van der Waals surface area contributed by atoms with Gasteiger partial charge in [-0.15, -0.1) is 12.4 Å². The fourth-order valence-corrected chi connectivity index (χ4v) is 1.89. The van der Waals surface area contributed by atoms with Crippen molar-refractivity contribution in [2.24, 2.45) is 5.73 Å². The highest BCUT2D eigenvalue weighted by atomic mass is 35.5. The maximum absolute atomic E-state index is 11.4. The molecule has 1 heterocycles. The van der Waals surface area contributed by atoms with E-state index in [4.69, 9.17) is 27.2 Å². The minimum atomic E-state index is -0.389. The zero-order valence-electron chi connectivity index (χ0n) is 10.9. The molecule has 0 saturated carbocycles. The molecular formula is C11H19Cl2N3O3. The van der Waals surface area contributed by atoms with Gasteiger partial charge in [0.25, 0.3) is 0 Å². The summed E-state index contributed by atoms with van der Waals surface area (Å²) in [5.74, 6) is -0.389. The van der Waals surface area contributed by atoms with Crippen molar-refractivity contribution < 1.29 is 14.6 Å². The number of carbonyl (C=O) groups is 1. The Kier molecular flexibility index (Phi) is 8.01. The average Bonchev–Trinajstić information content (AvgIpc) is 2.57. The molecule has 1 atom stereocenters. The Labute approximate surface area is 123 Å². The van der Waals surface area contributed by atoms with Crippen molar-refractivity contribution in [3.63, 3.8) is 0 Å². The molecule has 1 rings (SSSR count). The van der Waals surface area contributed by atoms with E-state index in [-0.39, 0.29) is 37.6 Å². The highest BCUT2D eigenvalue weighted by Gasteiger charge is 2.17. The number of nitrogens with zero attached hydrogens (tertiary/aromatic N) is 2. The topological polar surface area (TPSA) is 90.4 Å². The van der Waals surface area contributed by atoms with E-state index in [0.717, 1.165) is 5.56 Å². The maximum atomic E-state index is 11.4. The Balaban J connectivity index is 0.00000324. The number of ether oxygens (including phenoxy) is 1. The summed E-state index contributed by atoms with van der Waals surface area (Å²) in [6.45, 7) is 3.69. The summed E-state index contributed by atoms with van der Waals surface area (Å²) in [4.78, 5) is 11.4. The van der Waals surface area contributed by atoms with Crippen LogP contribution in [-0.4, -0.2) is 40.1 Å². The smallest absolute Gasteiger partial charge is 0.327 e. The Morgan fingerprint density at radius 2 is 2.26 bits per heavy atom. The summed E-state index contributed by atoms with van der Waals surface area (Å²) in [6.07, 6.45) is 0.421. The van der Waals surface area contributed by atoms with Gasteiger partial charge in [0, 0.05) is 11.6 Å². The molecule has 0 aliphatic rings. The Bertz CT molecular complexity index is 424. The molecule has 0 spiro atoms. The van der Waals surface area contributed by atoms with E-state index in [1.807, 2.05) is 0 Å². The second-order valence-corrected chi connectivity index (χ2v) is 4.32. The lowest BCUT2D eigenvalue weighted by atomic mass is 10.1. The van der Waals surface area contributed by atoms with Gasteiger partial charge < -0.3 is 15.6 Å². The third-order valence-corrected chi connectivity index (χ3v) is 2.89. The van der Waals surface area contributed by atoms with Crippen molar-refractivity contribution in [3.05, 3.63) is 16.4 Å². The molecule has 110 valence electrons. The number of aryl methyl sites for hydroxylation is 1. The first-order chi connectivity index (χ1) is 8.49. The van der Waals surface area contributed by atoms with Gasteiger partial charge >= 0.3 is 5.97 Å². The van der Waals surface area contributed by atoms with Crippen LogP contribution in [0.2, 0.25) is 5.15 Å². The molecule has 0 saturated heterocycles. The molecule has 1 unspecified atom stereocenters. The SMILES string of the molecule is CCOC(=O)Cn1nc(C)c(CC(N)CO)c1Cl.Cl. The van der Waals surface area contributed by atoms with Crippen molar-refractivity contribution in [2.45, 2.75) is 32.9 Å². The number of halogens is 2. The van der Waals surface area contributed by atoms with Gasteiger partial charge in [0.2, 0.25) is 0 Å². The van der Waals surface area contributed by atoms with Gasteiger partial charge in [0.15, 0.2) is 0 Å². The standard InChI is InChI=1S/C11H18ClN3O3.ClH/c1-3-18-10(17)5-15-11(12)9(7(2)14-15)4-8(13)6-16;/h8,16H,3-6,13H2,1-2H3;1H. The first-order valence-electron chi connectivity index (χ1n) is 5.73. The number of aliphatic hydroxyl groups is 1. The molecule has 1 aromatic rings. The molecule has 0 radical (unpaired) electrons. The van der Waals surface area contributed by atoms with Gasteiger partial charge in [-0.1, -0.05) is 11.6 Å². The van der Waals surface area contributed by atoms with E-state index in [1.54, 1.807) is 13.8 Å². The lowest BCUT2D eigenvalue weighted by Gasteiger charge is -2.07. The fraction of sp³-hybridized carbons (Fsp3) is 0.636. The summed E-state index contributed by atoms with van der Waals surface area (Å²) >= 11 is 6.13. The van der Waals surface area contributed by atoms with Crippen LogP contribution in [0.25, 0.3) is 0 Å². The monoisotopic (exact) mass is 311 g/mol. The van der Waals surface area contributed by atoms with Gasteiger partial charge in [0.05, 0.1) is 18.9 Å². The van der Waals surface area contributed by atoms with Crippen molar-refractivity contribution in [1.82, 2.24) is 9.78 Å². The van der Waals surface area contributed by atoms with Gasteiger partial charge in [0.1, 0.15) is 11.7 Å². The third kappa shape index (κ3) is 4.99. The number of nitrogens with two attached hydrogens (primary N) is 1. The van der Waals surface area contributed by atoms with Gasteiger partial charge in [-0.05, 0) is 20.3 Å². The molecular weight excluding hydrogens is 293 g/mol. The molecule has 0 fully saturated rings. The van der Waals surface area contributed by atoms with Crippen LogP contribution in [0.3, 0.4) is 0 Å². The fourth-order valence-electron chi connectivity index (χ4n) is 1.58. The zero-order chi connectivity index (χ0) is 13.7. The molecule has 1 aromatic heterocycles. The van der Waals surface area contributed by atoms with E-state index in [0.29, 0.717) is 23.9 Å². The van der Waals surface area contributed by atoms with Crippen LogP contribution in [-0.2, 0) is 22.5 Å². The number of hydrogen-bond donors (Lipinski definition) is 2. The highest BCUT2D eigenvalue weighted by molar-refractivity contribution is 6.30. The van der Waals surface area contributed by atoms with Crippen LogP contribution in [0.4, 0.5) is 0 Å². The largest absolute Gasteiger partial charge is 0.465 e. The summed E-state index contributed by atoms with van der Waals surface area (Å²) in [5, 5.41) is 13.5. The number of carbonyl (C=O) groups excluding carboxylic acids is 1. The van der Waals surface area contributed by atoms with E-state index >= 15 is 0 Å². The van der Waals surface area contributed by atoms with E-state index in [1.165, 1.54) is 4.68 Å². The maximum Gasteiger partial charge on any atom is 0.327 e. The molecule has 0 aliphatic heterocycles. The minimum absolute atomic E-state index is 0. The van der Waals surface area contributed by atoms with Crippen molar-refractivity contribution in [2.75, 3.05) is 13.2 Å². The molecule has 0 aliphatic carbocycles. The predicted molar refractivity (Wildman–Crippen MR) is 74.6 cm³/mol. The number of aliphatic hydroxyl groups excluding tert-OH is 1. The Morgan fingerprint density at radius 3 is 2.79 bits per heavy atom. The van der Waals surface area contributed by atoms with Crippen molar-refractivity contribution >= 4 is 30.0 Å². The summed E-state index contributed by atoms with van der Waals surface area (Å²) < 4.78 is 6.21. The average molecular weight is 312 g/mol. The molecule has 19 heavy (non-hydrogen) atoms. The van der Waals surface area contributed by atoms with Crippen LogP contribution in [0.15, 0.2) is 0 Å². The molecule has 6 nitrogen and oxygen atoms in total. The summed E-state index contributed by atoms with van der Waals surface area (Å²) in [5.41, 5.74) is 7.12. The van der Waals surface area contributed by atoms with E-state index in [9.17, 15) is 4.79 Å². The summed E-state index contributed by atoms with van der Waals surface area (Å²) in [6, 6.07) is -0.388. The normalized spacial score (nSPS) is 11.8. The molecule has 3 N–H and O–H groups in total. The lowest BCUT2D eigenvalue weighted by molar-refractivity contribution is -0.144. The number of aromatic nitrogens is 2. The van der Waals surface area contributed by atoms with Crippen LogP contribution in [0.5, 0.6) is 0 Å². The first-order valence-corrected chi connectivity index (χ1v) is 6.11. The van der Waals surface area contributed by atoms with Gasteiger partial charge in [-0.25, -0.2) is 4.68 Å². The second kappa shape index (κ2) is 8.37. The Hall–Kier alpha value is -0.820. The Morgan fingerprint density at radius 1 is 1.63 bits per heavy atom. The predicted octanol–water partition coefficient (Wildman–Crippen LogP) is 0.692. The highest BCUT2D eigenvalue weighted by Crippen LogP contribution is 2.21. The second-order valence-electron chi connectivity index (χ2n) is 3.96. The van der Waals surface area contributed by atoms with Crippen molar-refractivity contribution in [3.8, 4) is 0 Å². The number of rotatable bonds is 6. The lowest BCUT2D eigenvalue weighted by Crippen LogP contribution is -2.27. The van der Waals surface area contributed by atoms with Gasteiger partial charge in [-0.2, -0.15) is 5.10 Å². The number of esters is 1. The quantitative estimate of drug-likeness (QED) is 0.754. The van der Waals surface area contributed by atoms with Crippen LogP contribution in [0, 0.1) is 6.92 Å². The van der Waals surface area contributed by atoms with Crippen LogP contribution >= 0.6 is 24.0 Å². The molecule has 0 bridgehead atoms. The number of hydrogen-bond acceptors (Lipinski definition) is 5. The van der Waals surface area contributed by atoms with Crippen molar-refractivity contribution in [1.29, 1.82) is 0 Å².